The molecule has 21 heavy (non-hydrogen) atoms. The summed E-state index contributed by atoms with van der Waals surface area (Å²) in [6.45, 7) is 5.85. The van der Waals surface area contributed by atoms with Crippen molar-refractivity contribution in [2.45, 2.75) is 45.6 Å². The number of fused-ring (bicyclic) bond motifs is 1. The molecule has 2 heteroatoms. The zero-order chi connectivity index (χ0) is 14.7. The predicted octanol–water partition coefficient (Wildman–Crippen LogP) is 4.19. The fourth-order valence-corrected chi connectivity index (χ4v) is 3.86. The number of hydrogen-bond donors (Lipinski definition) is 1. The Bertz CT molecular complexity index is 588. The van der Waals surface area contributed by atoms with Gasteiger partial charge in [-0.3, -0.25) is 4.98 Å². The topological polar surface area (TPSA) is 24.9 Å². The maximum Gasteiger partial charge on any atom is 0.0704 e. The van der Waals surface area contributed by atoms with E-state index in [0.717, 1.165) is 23.8 Å². The van der Waals surface area contributed by atoms with Crippen LogP contribution in [0.4, 0.5) is 0 Å². The van der Waals surface area contributed by atoms with Crippen LogP contribution in [0.25, 0.3) is 10.9 Å². The molecule has 3 atom stereocenters. The van der Waals surface area contributed by atoms with E-state index in [1.165, 1.54) is 36.8 Å². The second-order valence-corrected chi connectivity index (χ2v) is 6.37. The van der Waals surface area contributed by atoms with E-state index in [0.29, 0.717) is 6.04 Å². The van der Waals surface area contributed by atoms with Crippen LogP contribution >= 0.6 is 0 Å². The lowest BCUT2D eigenvalue weighted by Gasteiger charge is -2.36. The molecule has 1 aromatic heterocycles. The molecule has 3 rings (SSSR count). The van der Waals surface area contributed by atoms with E-state index in [1.807, 2.05) is 6.20 Å². The van der Waals surface area contributed by atoms with Crippen LogP contribution in [0.3, 0.4) is 0 Å². The van der Waals surface area contributed by atoms with Gasteiger partial charge in [0.05, 0.1) is 5.52 Å². The molecule has 2 nitrogen and oxygen atoms in total. The SMILES string of the molecule is CC[C@H]1CN[C@@H](Cc2ccnc3ccccc23)C[C@@H]1CC. The van der Waals surface area contributed by atoms with Crippen molar-refractivity contribution < 1.29 is 0 Å². The molecule has 1 aliphatic rings. The molecule has 1 N–H and O–H groups in total. The van der Waals surface area contributed by atoms with Gasteiger partial charge in [-0.1, -0.05) is 44.9 Å². The summed E-state index contributed by atoms with van der Waals surface area (Å²) in [4.78, 5) is 4.47. The van der Waals surface area contributed by atoms with E-state index in [-0.39, 0.29) is 0 Å². The van der Waals surface area contributed by atoms with E-state index in [4.69, 9.17) is 0 Å². The molecule has 0 radical (unpaired) electrons. The van der Waals surface area contributed by atoms with Gasteiger partial charge in [-0.05, 0) is 48.9 Å². The lowest BCUT2D eigenvalue weighted by atomic mass is 9.78. The summed E-state index contributed by atoms with van der Waals surface area (Å²) in [5.41, 5.74) is 2.55. The molecule has 2 heterocycles. The third kappa shape index (κ3) is 3.11. The molecule has 0 amide bonds. The van der Waals surface area contributed by atoms with Gasteiger partial charge in [0.25, 0.3) is 0 Å². The van der Waals surface area contributed by atoms with Gasteiger partial charge in [0, 0.05) is 17.6 Å². The quantitative estimate of drug-likeness (QED) is 0.909. The summed E-state index contributed by atoms with van der Waals surface area (Å²) in [6, 6.07) is 11.3. The van der Waals surface area contributed by atoms with E-state index in [1.54, 1.807) is 0 Å². The van der Waals surface area contributed by atoms with Crippen LogP contribution in [0, 0.1) is 11.8 Å². The number of benzene rings is 1. The normalized spacial score (nSPS) is 26.1. The van der Waals surface area contributed by atoms with Crippen LogP contribution in [0.1, 0.15) is 38.7 Å². The van der Waals surface area contributed by atoms with Gasteiger partial charge in [0.2, 0.25) is 0 Å². The van der Waals surface area contributed by atoms with Crippen molar-refractivity contribution in [3.8, 4) is 0 Å². The van der Waals surface area contributed by atoms with E-state index < -0.39 is 0 Å². The highest BCUT2D eigenvalue weighted by atomic mass is 14.9. The Morgan fingerprint density at radius 1 is 1.10 bits per heavy atom. The number of nitrogens with one attached hydrogen (secondary N) is 1. The highest BCUT2D eigenvalue weighted by Crippen LogP contribution is 2.29. The monoisotopic (exact) mass is 282 g/mol. The maximum absolute atomic E-state index is 4.47. The van der Waals surface area contributed by atoms with Crippen molar-refractivity contribution in [1.29, 1.82) is 0 Å². The van der Waals surface area contributed by atoms with Gasteiger partial charge in [-0.25, -0.2) is 0 Å². The van der Waals surface area contributed by atoms with E-state index in [9.17, 15) is 0 Å². The van der Waals surface area contributed by atoms with Gasteiger partial charge >= 0.3 is 0 Å². The van der Waals surface area contributed by atoms with Crippen molar-refractivity contribution in [2.75, 3.05) is 6.54 Å². The molecule has 0 bridgehead atoms. The molecule has 1 aliphatic heterocycles. The Morgan fingerprint density at radius 3 is 2.71 bits per heavy atom. The fraction of sp³-hybridized carbons (Fsp3) is 0.526. The third-order valence-corrected chi connectivity index (χ3v) is 5.18. The van der Waals surface area contributed by atoms with Crippen LogP contribution in [-0.4, -0.2) is 17.6 Å². The minimum absolute atomic E-state index is 0.614. The molecule has 0 unspecified atom stereocenters. The lowest BCUT2D eigenvalue weighted by molar-refractivity contribution is 0.198. The number of piperidine rings is 1. The average Bonchev–Trinajstić information content (AvgIpc) is 2.55. The molecule has 0 aliphatic carbocycles. The Labute approximate surface area is 128 Å². The summed E-state index contributed by atoms with van der Waals surface area (Å²) in [6.07, 6.45) is 7.00. The van der Waals surface area contributed by atoms with Gasteiger partial charge in [0.1, 0.15) is 0 Å². The molecule has 0 saturated carbocycles. The smallest absolute Gasteiger partial charge is 0.0704 e. The molecule has 1 aromatic carbocycles. The average molecular weight is 282 g/mol. The third-order valence-electron chi connectivity index (χ3n) is 5.18. The summed E-state index contributed by atoms with van der Waals surface area (Å²) < 4.78 is 0. The van der Waals surface area contributed by atoms with Gasteiger partial charge < -0.3 is 5.32 Å². The first kappa shape index (κ1) is 14.5. The Balaban J connectivity index is 1.77. The Kier molecular flexibility index (Phi) is 4.54. The zero-order valence-corrected chi connectivity index (χ0v) is 13.2. The first-order chi connectivity index (χ1) is 10.3. The number of nitrogens with zero attached hydrogens (tertiary/aromatic N) is 1. The van der Waals surface area contributed by atoms with Gasteiger partial charge in [-0.2, -0.15) is 0 Å². The van der Waals surface area contributed by atoms with Crippen LogP contribution in [-0.2, 0) is 6.42 Å². The number of para-hydroxylation sites is 1. The van der Waals surface area contributed by atoms with Crippen LogP contribution in [0.2, 0.25) is 0 Å². The summed E-state index contributed by atoms with van der Waals surface area (Å²) >= 11 is 0. The second-order valence-electron chi connectivity index (χ2n) is 6.37. The summed E-state index contributed by atoms with van der Waals surface area (Å²) in [7, 11) is 0. The fourth-order valence-electron chi connectivity index (χ4n) is 3.86. The number of aromatic nitrogens is 1. The molecule has 1 fully saturated rings. The molecular weight excluding hydrogens is 256 g/mol. The first-order valence-electron chi connectivity index (χ1n) is 8.37. The van der Waals surface area contributed by atoms with Crippen molar-refractivity contribution >= 4 is 10.9 Å². The van der Waals surface area contributed by atoms with Crippen molar-refractivity contribution in [3.63, 3.8) is 0 Å². The molecule has 2 aromatic rings. The second kappa shape index (κ2) is 6.57. The number of rotatable bonds is 4. The van der Waals surface area contributed by atoms with Gasteiger partial charge in [0.15, 0.2) is 0 Å². The zero-order valence-electron chi connectivity index (χ0n) is 13.2. The minimum Gasteiger partial charge on any atom is -0.313 e. The highest BCUT2D eigenvalue weighted by Gasteiger charge is 2.27. The maximum atomic E-state index is 4.47. The minimum atomic E-state index is 0.614. The predicted molar refractivity (Wildman–Crippen MR) is 89.4 cm³/mol. The highest BCUT2D eigenvalue weighted by molar-refractivity contribution is 5.81. The Hall–Kier alpha value is -1.41. The van der Waals surface area contributed by atoms with Crippen molar-refractivity contribution in [2.24, 2.45) is 11.8 Å². The van der Waals surface area contributed by atoms with Crippen LogP contribution in [0.15, 0.2) is 36.5 Å². The summed E-state index contributed by atoms with van der Waals surface area (Å²) in [5.74, 6) is 1.75. The molecule has 1 saturated heterocycles. The number of hydrogen-bond acceptors (Lipinski definition) is 2. The van der Waals surface area contributed by atoms with E-state index in [2.05, 4.69) is 54.5 Å². The van der Waals surface area contributed by atoms with Crippen molar-refractivity contribution in [1.82, 2.24) is 10.3 Å². The lowest BCUT2D eigenvalue weighted by Crippen LogP contribution is -2.44. The molecular formula is C19H26N2. The summed E-state index contributed by atoms with van der Waals surface area (Å²) in [5, 5.41) is 5.09. The molecule has 0 spiro atoms. The largest absolute Gasteiger partial charge is 0.313 e. The van der Waals surface area contributed by atoms with Gasteiger partial charge in [-0.15, -0.1) is 0 Å². The van der Waals surface area contributed by atoms with Crippen molar-refractivity contribution in [3.05, 3.63) is 42.1 Å². The Morgan fingerprint density at radius 2 is 1.90 bits per heavy atom. The van der Waals surface area contributed by atoms with Crippen LogP contribution < -0.4 is 5.32 Å². The standard InChI is InChI=1S/C19H26N2/c1-3-14-11-17(21-13-15(14)4-2)12-16-9-10-20-19-8-6-5-7-18(16)19/h5-10,14-15,17,21H,3-4,11-13H2,1-2H3/t14-,15-,17+/m0/s1. The first-order valence-corrected chi connectivity index (χ1v) is 8.37. The van der Waals surface area contributed by atoms with Crippen LogP contribution in [0.5, 0.6) is 0 Å². The van der Waals surface area contributed by atoms with E-state index >= 15 is 0 Å². The molecule has 112 valence electrons. The number of pyridine rings is 1.